The lowest BCUT2D eigenvalue weighted by Gasteiger charge is -2.22. The van der Waals surface area contributed by atoms with E-state index in [0.29, 0.717) is 19.5 Å². The third-order valence-corrected chi connectivity index (χ3v) is 2.95. The van der Waals surface area contributed by atoms with Crippen LogP contribution < -0.4 is 5.73 Å². The van der Waals surface area contributed by atoms with Crippen LogP contribution in [0.4, 0.5) is 0 Å². The van der Waals surface area contributed by atoms with Crippen molar-refractivity contribution < 1.29 is 4.79 Å². The first kappa shape index (κ1) is 14.5. The molecule has 0 bridgehead atoms. The smallest absolute Gasteiger partial charge is 0.239 e. The summed E-state index contributed by atoms with van der Waals surface area (Å²) in [5.74, 6) is 0.00771. The maximum absolute atomic E-state index is 12.0. The summed E-state index contributed by atoms with van der Waals surface area (Å²) in [5, 5.41) is 0. The molecule has 0 radical (unpaired) electrons. The van der Waals surface area contributed by atoms with Gasteiger partial charge in [0.25, 0.3) is 0 Å². The molecule has 0 fully saturated rings. The third-order valence-electron chi connectivity index (χ3n) is 2.95. The van der Waals surface area contributed by atoms with Gasteiger partial charge in [-0.05, 0) is 25.3 Å². The Kier molecular flexibility index (Phi) is 6.15. The van der Waals surface area contributed by atoms with Gasteiger partial charge >= 0.3 is 0 Å². The number of carbonyl (C=O) groups is 1. The maximum atomic E-state index is 12.0. The summed E-state index contributed by atoms with van der Waals surface area (Å²) >= 11 is 0. The lowest BCUT2D eigenvalue weighted by atomic mass is 10.0. The SMILES string of the molecule is C=CCN(CC)C(=O)[C@@H](N)CCc1ccccc1. The first-order valence-corrected chi connectivity index (χ1v) is 6.38. The Morgan fingerprint density at radius 1 is 1.44 bits per heavy atom. The predicted molar refractivity (Wildman–Crippen MR) is 75.2 cm³/mol. The second-order valence-electron chi connectivity index (χ2n) is 4.30. The summed E-state index contributed by atoms with van der Waals surface area (Å²) in [6.45, 7) is 6.83. The number of benzene rings is 1. The molecule has 3 nitrogen and oxygen atoms in total. The van der Waals surface area contributed by atoms with Gasteiger partial charge in [-0.1, -0.05) is 36.4 Å². The molecule has 98 valence electrons. The molecule has 18 heavy (non-hydrogen) atoms. The molecule has 0 aliphatic heterocycles. The summed E-state index contributed by atoms with van der Waals surface area (Å²) in [4.78, 5) is 13.8. The van der Waals surface area contributed by atoms with E-state index in [2.05, 4.69) is 18.7 Å². The van der Waals surface area contributed by atoms with Crippen molar-refractivity contribution in [2.24, 2.45) is 5.73 Å². The molecule has 0 aromatic heterocycles. The normalized spacial score (nSPS) is 11.9. The maximum Gasteiger partial charge on any atom is 0.239 e. The van der Waals surface area contributed by atoms with Crippen molar-refractivity contribution in [3.8, 4) is 0 Å². The molecule has 1 rings (SSSR count). The summed E-state index contributed by atoms with van der Waals surface area (Å²) in [5.41, 5.74) is 7.16. The fraction of sp³-hybridized carbons (Fsp3) is 0.400. The zero-order chi connectivity index (χ0) is 13.4. The molecular weight excluding hydrogens is 224 g/mol. The molecule has 0 heterocycles. The number of carbonyl (C=O) groups excluding carboxylic acids is 1. The van der Waals surface area contributed by atoms with Crippen LogP contribution in [0.3, 0.4) is 0 Å². The van der Waals surface area contributed by atoms with Gasteiger partial charge < -0.3 is 10.6 Å². The van der Waals surface area contributed by atoms with Gasteiger partial charge in [0, 0.05) is 13.1 Å². The number of nitrogens with two attached hydrogens (primary N) is 1. The van der Waals surface area contributed by atoms with E-state index in [9.17, 15) is 4.79 Å². The molecule has 0 unspecified atom stereocenters. The molecule has 0 aliphatic rings. The van der Waals surface area contributed by atoms with Gasteiger partial charge in [-0.3, -0.25) is 4.79 Å². The standard InChI is InChI=1S/C15H22N2O/c1-3-12-17(4-2)15(18)14(16)11-10-13-8-6-5-7-9-13/h3,5-9,14H,1,4,10-12,16H2,2H3/t14-/m0/s1. The average molecular weight is 246 g/mol. The largest absolute Gasteiger partial charge is 0.338 e. The predicted octanol–water partition coefficient (Wildman–Crippen LogP) is 1.98. The van der Waals surface area contributed by atoms with Crippen LogP contribution in [0.5, 0.6) is 0 Å². The van der Waals surface area contributed by atoms with Gasteiger partial charge in [-0.2, -0.15) is 0 Å². The monoisotopic (exact) mass is 246 g/mol. The molecule has 2 N–H and O–H groups in total. The van der Waals surface area contributed by atoms with Crippen LogP contribution in [0.2, 0.25) is 0 Å². The van der Waals surface area contributed by atoms with Crippen LogP contribution in [0.15, 0.2) is 43.0 Å². The van der Waals surface area contributed by atoms with Crippen molar-refractivity contribution in [2.45, 2.75) is 25.8 Å². The van der Waals surface area contributed by atoms with Crippen molar-refractivity contribution in [3.63, 3.8) is 0 Å². The minimum absolute atomic E-state index is 0.00771. The quantitative estimate of drug-likeness (QED) is 0.748. The number of amides is 1. The topological polar surface area (TPSA) is 46.3 Å². The summed E-state index contributed by atoms with van der Waals surface area (Å²) in [6, 6.07) is 9.66. The number of rotatable bonds is 7. The highest BCUT2D eigenvalue weighted by Crippen LogP contribution is 2.06. The highest BCUT2D eigenvalue weighted by atomic mass is 16.2. The van der Waals surface area contributed by atoms with Crippen molar-refractivity contribution in [2.75, 3.05) is 13.1 Å². The van der Waals surface area contributed by atoms with Crippen molar-refractivity contribution in [3.05, 3.63) is 48.6 Å². The van der Waals surface area contributed by atoms with E-state index in [0.717, 1.165) is 6.42 Å². The van der Waals surface area contributed by atoms with Crippen LogP contribution in [0.1, 0.15) is 18.9 Å². The van der Waals surface area contributed by atoms with Gasteiger partial charge in [0.1, 0.15) is 0 Å². The van der Waals surface area contributed by atoms with Crippen LogP contribution in [-0.2, 0) is 11.2 Å². The van der Waals surface area contributed by atoms with E-state index in [-0.39, 0.29) is 5.91 Å². The third kappa shape index (κ3) is 4.34. The Bertz CT molecular complexity index is 375. The second-order valence-corrected chi connectivity index (χ2v) is 4.30. The zero-order valence-electron chi connectivity index (χ0n) is 11.0. The molecule has 1 atom stereocenters. The van der Waals surface area contributed by atoms with Crippen LogP contribution in [0, 0.1) is 0 Å². The first-order valence-electron chi connectivity index (χ1n) is 6.38. The van der Waals surface area contributed by atoms with Gasteiger partial charge in [0.05, 0.1) is 6.04 Å². The minimum Gasteiger partial charge on any atom is -0.338 e. The van der Waals surface area contributed by atoms with E-state index in [1.54, 1.807) is 11.0 Å². The lowest BCUT2D eigenvalue weighted by molar-refractivity contribution is -0.132. The Balaban J connectivity index is 2.46. The minimum atomic E-state index is -0.426. The van der Waals surface area contributed by atoms with Crippen molar-refractivity contribution in [1.29, 1.82) is 0 Å². The molecule has 0 aliphatic carbocycles. The molecule has 0 saturated carbocycles. The van der Waals surface area contributed by atoms with Crippen LogP contribution in [0.25, 0.3) is 0 Å². The molecule has 3 heteroatoms. The summed E-state index contributed by atoms with van der Waals surface area (Å²) in [6.07, 6.45) is 3.24. The Morgan fingerprint density at radius 2 is 2.11 bits per heavy atom. The second kappa shape index (κ2) is 7.67. The van der Waals surface area contributed by atoms with Gasteiger partial charge in [-0.25, -0.2) is 0 Å². The summed E-state index contributed by atoms with van der Waals surface area (Å²) < 4.78 is 0. The van der Waals surface area contributed by atoms with Crippen molar-refractivity contribution >= 4 is 5.91 Å². The Morgan fingerprint density at radius 3 is 2.67 bits per heavy atom. The Labute approximate surface area is 109 Å². The Hall–Kier alpha value is -1.61. The zero-order valence-corrected chi connectivity index (χ0v) is 11.0. The number of likely N-dealkylation sites (N-methyl/N-ethyl adjacent to an activating group) is 1. The highest BCUT2D eigenvalue weighted by Gasteiger charge is 2.18. The van der Waals surface area contributed by atoms with E-state index < -0.39 is 6.04 Å². The van der Waals surface area contributed by atoms with E-state index in [4.69, 9.17) is 5.73 Å². The number of nitrogens with zero attached hydrogens (tertiary/aromatic N) is 1. The molecule has 1 aromatic carbocycles. The van der Waals surface area contributed by atoms with Gasteiger partial charge in [0.2, 0.25) is 5.91 Å². The van der Waals surface area contributed by atoms with E-state index >= 15 is 0 Å². The fourth-order valence-corrected chi connectivity index (χ4v) is 1.86. The van der Waals surface area contributed by atoms with Crippen LogP contribution in [-0.4, -0.2) is 29.9 Å². The van der Waals surface area contributed by atoms with Gasteiger partial charge in [-0.15, -0.1) is 6.58 Å². The molecule has 0 spiro atoms. The number of aryl methyl sites for hydroxylation is 1. The fourth-order valence-electron chi connectivity index (χ4n) is 1.86. The highest BCUT2D eigenvalue weighted by molar-refractivity contribution is 5.81. The first-order chi connectivity index (χ1) is 8.69. The molecular formula is C15H22N2O. The average Bonchev–Trinajstić information content (AvgIpc) is 2.42. The van der Waals surface area contributed by atoms with E-state index in [1.165, 1.54) is 5.56 Å². The molecule has 1 aromatic rings. The summed E-state index contributed by atoms with van der Waals surface area (Å²) in [7, 11) is 0. The van der Waals surface area contributed by atoms with E-state index in [1.807, 2.05) is 25.1 Å². The van der Waals surface area contributed by atoms with Gasteiger partial charge in [0.15, 0.2) is 0 Å². The van der Waals surface area contributed by atoms with Crippen molar-refractivity contribution in [1.82, 2.24) is 4.90 Å². The lowest BCUT2D eigenvalue weighted by Crippen LogP contribution is -2.44. The molecule has 0 saturated heterocycles. The number of hydrogen-bond donors (Lipinski definition) is 1. The molecule has 1 amide bonds. The van der Waals surface area contributed by atoms with Crippen LogP contribution >= 0.6 is 0 Å². The number of hydrogen-bond acceptors (Lipinski definition) is 2.